The predicted octanol–water partition coefficient (Wildman–Crippen LogP) is 10.6. The van der Waals surface area contributed by atoms with Crippen molar-refractivity contribution >= 4 is 17.1 Å². The minimum atomic E-state index is 0.753. The van der Waals surface area contributed by atoms with Gasteiger partial charge in [-0.2, -0.15) is 0 Å². The number of nitrogens with zero attached hydrogens (tertiary/aromatic N) is 1. The Morgan fingerprint density at radius 3 is 0.818 bits per heavy atom. The molecule has 55 heavy (non-hydrogen) atoms. The first-order valence-corrected chi connectivity index (χ1v) is 18.7. The summed E-state index contributed by atoms with van der Waals surface area (Å²) in [6.45, 7) is 0. The fourth-order valence-corrected chi connectivity index (χ4v) is 7.17. The van der Waals surface area contributed by atoms with Crippen LogP contribution >= 0.6 is 0 Å². The lowest BCUT2D eigenvalue weighted by atomic mass is 10.0. The second-order valence-corrected chi connectivity index (χ2v) is 13.3. The lowest BCUT2D eigenvalue weighted by Crippen LogP contribution is -2.10. The Labute approximate surface area is 326 Å². The molecule has 6 aromatic rings. The minimum absolute atomic E-state index is 0.753. The Bertz CT molecular complexity index is 1880. The molecule has 0 unspecified atom stereocenters. The van der Waals surface area contributed by atoms with Gasteiger partial charge in [0.1, 0.15) is 0 Å². The second kappa shape index (κ2) is 18.8. The maximum absolute atomic E-state index is 5.68. The third kappa shape index (κ3) is 9.18. The van der Waals surface area contributed by atoms with E-state index in [-0.39, 0.29) is 0 Å². The standard InChI is InChI=1S/C48H51NO6/c1-50-43-13-7-10-37(46(43)53-4)25-16-34-19-28-40(29-20-34)49(41-30-21-35(22-31-41)17-26-38-11-8-14-44(51-2)47(38)54-5)42-32-23-36(24-33-42)18-27-39-12-9-15-45(52-3)48(39)55-6/h7-15,19-24,28-33H,16-18,25-27H2,1-6H3. The van der Waals surface area contributed by atoms with E-state index in [1.165, 1.54) is 16.7 Å². The zero-order valence-electron chi connectivity index (χ0n) is 32.8. The summed E-state index contributed by atoms with van der Waals surface area (Å²) in [6.07, 6.45) is 5.16. The molecule has 0 atom stereocenters. The number of benzene rings is 6. The summed E-state index contributed by atoms with van der Waals surface area (Å²) < 4.78 is 33.6. The Balaban J connectivity index is 1.23. The molecule has 0 amide bonds. The van der Waals surface area contributed by atoms with Crippen molar-refractivity contribution in [2.45, 2.75) is 38.5 Å². The number of aryl methyl sites for hydroxylation is 6. The fourth-order valence-electron chi connectivity index (χ4n) is 7.17. The summed E-state index contributed by atoms with van der Waals surface area (Å²) in [4.78, 5) is 2.32. The molecular formula is C48H51NO6. The molecule has 0 aliphatic carbocycles. The molecule has 0 fully saturated rings. The van der Waals surface area contributed by atoms with Crippen molar-refractivity contribution in [3.63, 3.8) is 0 Å². The van der Waals surface area contributed by atoms with Crippen LogP contribution in [-0.2, 0) is 38.5 Å². The number of rotatable bonds is 18. The smallest absolute Gasteiger partial charge is 0.163 e. The van der Waals surface area contributed by atoms with E-state index >= 15 is 0 Å². The molecule has 0 heterocycles. The van der Waals surface area contributed by atoms with Gasteiger partial charge in [0.15, 0.2) is 34.5 Å². The van der Waals surface area contributed by atoms with Crippen LogP contribution in [0.25, 0.3) is 0 Å². The van der Waals surface area contributed by atoms with Crippen molar-refractivity contribution in [3.8, 4) is 34.5 Å². The van der Waals surface area contributed by atoms with Gasteiger partial charge in [0, 0.05) is 17.1 Å². The fraction of sp³-hybridized carbons (Fsp3) is 0.250. The summed E-state index contributed by atoms with van der Waals surface area (Å²) in [6, 6.07) is 44.8. The lowest BCUT2D eigenvalue weighted by Gasteiger charge is -2.26. The highest BCUT2D eigenvalue weighted by atomic mass is 16.5. The van der Waals surface area contributed by atoms with Crippen LogP contribution in [0.4, 0.5) is 17.1 Å². The van der Waals surface area contributed by atoms with Crippen molar-refractivity contribution < 1.29 is 28.4 Å². The largest absolute Gasteiger partial charge is 0.493 e. The number of para-hydroxylation sites is 3. The topological polar surface area (TPSA) is 58.6 Å². The second-order valence-electron chi connectivity index (χ2n) is 13.3. The summed E-state index contributed by atoms with van der Waals surface area (Å²) in [5.74, 6) is 4.65. The average Bonchev–Trinajstić information content (AvgIpc) is 3.24. The van der Waals surface area contributed by atoms with Gasteiger partial charge >= 0.3 is 0 Å². The predicted molar refractivity (Wildman–Crippen MR) is 222 cm³/mol. The van der Waals surface area contributed by atoms with E-state index in [9.17, 15) is 0 Å². The maximum atomic E-state index is 5.68. The van der Waals surface area contributed by atoms with Crippen LogP contribution in [0, 0.1) is 0 Å². The van der Waals surface area contributed by atoms with Crippen LogP contribution in [0.3, 0.4) is 0 Å². The average molecular weight is 738 g/mol. The minimum Gasteiger partial charge on any atom is -0.493 e. The van der Waals surface area contributed by atoms with E-state index in [0.717, 1.165) is 107 Å². The Morgan fingerprint density at radius 1 is 0.309 bits per heavy atom. The van der Waals surface area contributed by atoms with E-state index in [4.69, 9.17) is 28.4 Å². The first-order valence-electron chi connectivity index (χ1n) is 18.7. The molecule has 0 bridgehead atoms. The van der Waals surface area contributed by atoms with Crippen LogP contribution in [0.2, 0.25) is 0 Å². The van der Waals surface area contributed by atoms with E-state index in [1.807, 2.05) is 36.4 Å². The van der Waals surface area contributed by atoms with Gasteiger partial charge in [0.05, 0.1) is 42.7 Å². The van der Waals surface area contributed by atoms with E-state index < -0.39 is 0 Å². The van der Waals surface area contributed by atoms with Gasteiger partial charge in [-0.3, -0.25) is 0 Å². The Kier molecular flexibility index (Phi) is 13.2. The van der Waals surface area contributed by atoms with Gasteiger partial charge in [0.25, 0.3) is 0 Å². The highest BCUT2D eigenvalue weighted by molar-refractivity contribution is 5.76. The van der Waals surface area contributed by atoms with E-state index in [2.05, 4.69) is 95.9 Å². The molecule has 7 nitrogen and oxygen atoms in total. The first kappa shape index (κ1) is 38.6. The van der Waals surface area contributed by atoms with Gasteiger partial charge in [-0.1, -0.05) is 72.8 Å². The normalized spacial score (nSPS) is 10.8. The molecule has 0 aliphatic heterocycles. The molecule has 0 aromatic heterocycles. The monoisotopic (exact) mass is 737 g/mol. The molecule has 6 rings (SSSR count). The summed E-state index contributed by atoms with van der Waals surface area (Å²) in [5.41, 5.74) is 10.4. The van der Waals surface area contributed by atoms with E-state index in [0.29, 0.717) is 0 Å². The van der Waals surface area contributed by atoms with Crippen molar-refractivity contribution in [3.05, 3.63) is 161 Å². The molecule has 7 heteroatoms. The summed E-state index contributed by atoms with van der Waals surface area (Å²) in [7, 11) is 10.1. The zero-order valence-corrected chi connectivity index (χ0v) is 32.8. The first-order chi connectivity index (χ1) is 27.0. The van der Waals surface area contributed by atoms with Crippen LogP contribution < -0.4 is 33.3 Å². The van der Waals surface area contributed by atoms with Crippen LogP contribution in [0.5, 0.6) is 34.5 Å². The highest BCUT2D eigenvalue weighted by Gasteiger charge is 2.16. The molecule has 0 saturated carbocycles. The Morgan fingerprint density at radius 2 is 0.582 bits per heavy atom. The maximum Gasteiger partial charge on any atom is 0.163 e. The quantitative estimate of drug-likeness (QED) is 0.0870. The van der Waals surface area contributed by atoms with Crippen LogP contribution in [0.15, 0.2) is 127 Å². The number of anilines is 3. The zero-order chi connectivity index (χ0) is 38.6. The van der Waals surface area contributed by atoms with Gasteiger partial charge < -0.3 is 33.3 Å². The third-order valence-electron chi connectivity index (χ3n) is 10.1. The molecule has 0 radical (unpaired) electrons. The molecule has 0 N–H and O–H groups in total. The molecule has 0 aliphatic rings. The van der Waals surface area contributed by atoms with Gasteiger partial charge in [0.2, 0.25) is 0 Å². The number of hydrogen-bond donors (Lipinski definition) is 0. The summed E-state index contributed by atoms with van der Waals surface area (Å²) in [5, 5.41) is 0. The lowest BCUT2D eigenvalue weighted by molar-refractivity contribution is 0.351. The Hall–Kier alpha value is -6.08. The summed E-state index contributed by atoms with van der Waals surface area (Å²) >= 11 is 0. The van der Waals surface area contributed by atoms with Gasteiger partial charge in [-0.15, -0.1) is 0 Å². The van der Waals surface area contributed by atoms with Crippen molar-refractivity contribution in [2.75, 3.05) is 47.6 Å². The van der Waals surface area contributed by atoms with Gasteiger partial charge in [-0.25, -0.2) is 0 Å². The number of methoxy groups -OCH3 is 6. The molecular weight excluding hydrogens is 687 g/mol. The van der Waals surface area contributed by atoms with Crippen LogP contribution in [-0.4, -0.2) is 42.7 Å². The number of hydrogen-bond acceptors (Lipinski definition) is 7. The van der Waals surface area contributed by atoms with Crippen molar-refractivity contribution in [1.29, 1.82) is 0 Å². The van der Waals surface area contributed by atoms with E-state index in [1.54, 1.807) is 42.7 Å². The van der Waals surface area contributed by atoms with Crippen molar-refractivity contribution in [1.82, 2.24) is 0 Å². The van der Waals surface area contributed by atoms with Gasteiger partial charge in [-0.05, 0) is 127 Å². The highest BCUT2D eigenvalue weighted by Crippen LogP contribution is 2.37. The molecule has 0 saturated heterocycles. The molecule has 0 spiro atoms. The third-order valence-corrected chi connectivity index (χ3v) is 10.1. The molecule has 284 valence electrons. The van der Waals surface area contributed by atoms with Crippen LogP contribution in [0.1, 0.15) is 33.4 Å². The number of ether oxygens (including phenoxy) is 6. The molecule has 6 aromatic carbocycles. The van der Waals surface area contributed by atoms with Crippen molar-refractivity contribution in [2.24, 2.45) is 0 Å². The SMILES string of the molecule is COc1cccc(CCc2ccc(N(c3ccc(CCc4cccc(OC)c4OC)cc3)c3ccc(CCc4cccc(OC)c4OC)cc3)cc2)c1OC.